The van der Waals surface area contributed by atoms with Gasteiger partial charge in [-0.25, -0.2) is 0 Å². The molecular formula is C38H22O2. The first-order valence-electron chi connectivity index (χ1n) is 13.6. The van der Waals surface area contributed by atoms with E-state index in [0.717, 1.165) is 43.9 Å². The van der Waals surface area contributed by atoms with Crippen molar-refractivity contribution in [2.24, 2.45) is 0 Å². The highest BCUT2D eigenvalue weighted by molar-refractivity contribution is 6.31. The second-order valence-corrected chi connectivity index (χ2v) is 10.4. The average Bonchev–Trinajstić information content (AvgIpc) is 3.58. The lowest BCUT2D eigenvalue weighted by Crippen LogP contribution is -1.91. The molecule has 0 N–H and O–H groups in total. The van der Waals surface area contributed by atoms with Crippen LogP contribution in [0.4, 0.5) is 0 Å². The van der Waals surface area contributed by atoms with Crippen molar-refractivity contribution in [2.75, 3.05) is 0 Å². The molecule has 0 radical (unpaired) electrons. The SMILES string of the molecule is c1ccc(-c2c3ccccc3c(-c3cccc4oc5ccc6oc7ccccc7c6c5c34)c3ccccc23)cc1. The van der Waals surface area contributed by atoms with Gasteiger partial charge in [-0.3, -0.25) is 0 Å². The smallest absolute Gasteiger partial charge is 0.136 e. The van der Waals surface area contributed by atoms with Gasteiger partial charge in [0.25, 0.3) is 0 Å². The maximum atomic E-state index is 6.52. The lowest BCUT2D eigenvalue weighted by molar-refractivity contribution is 0.663. The number of furan rings is 2. The predicted molar refractivity (Wildman–Crippen MR) is 167 cm³/mol. The molecule has 0 aliphatic carbocycles. The molecule has 0 unspecified atom stereocenters. The largest absolute Gasteiger partial charge is 0.456 e. The fourth-order valence-electron chi connectivity index (χ4n) is 6.67. The Balaban J connectivity index is 1.51. The quantitative estimate of drug-likeness (QED) is 0.216. The zero-order valence-electron chi connectivity index (χ0n) is 21.5. The highest BCUT2D eigenvalue weighted by Gasteiger charge is 2.22. The Morgan fingerprint density at radius 3 is 1.50 bits per heavy atom. The summed E-state index contributed by atoms with van der Waals surface area (Å²) in [5.74, 6) is 0. The second kappa shape index (κ2) is 8.08. The number of para-hydroxylation sites is 1. The van der Waals surface area contributed by atoms with Crippen molar-refractivity contribution in [2.45, 2.75) is 0 Å². The zero-order chi connectivity index (χ0) is 26.2. The zero-order valence-corrected chi connectivity index (χ0v) is 21.5. The van der Waals surface area contributed by atoms with E-state index in [0.29, 0.717) is 0 Å². The Kier molecular flexibility index (Phi) is 4.36. The van der Waals surface area contributed by atoms with Gasteiger partial charge in [0, 0.05) is 21.5 Å². The van der Waals surface area contributed by atoms with E-state index in [1.807, 2.05) is 24.3 Å². The van der Waals surface area contributed by atoms with E-state index in [4.69, 9.17) is 8.83 Å². The van der Waals surface area contributed by atoms with Crippen LogP contribution in [0.3, 0.4) is 0 Å². The van der Waals surface area contributed by atoms with Crippen LogP contribution >= 0.6 is 0 Å². The molecule has 0 saturated carbocycles. The van der Waals surface area contributed by atoms with Gasteiger partial charge in [-0.2, -0.15) is 0 Å². The van der Waals surface area contributed by atoms with Crippen molar-refractivity contribution in [3.05, 3.63) is 133 Å². The van der Waals surface area contributed by atoms with E-state index >= 15 is 0 Å². The number of fused-ring (bicyclic) bond motifs is 9. The van der Waals surface area contributed by atoms with Crippen molar-refractivity contribution in [1.29, 1.82) is 0 Å². The summed E-state index contributed by atoms with van der Waals surface area (Å²) in [7, 11) is 0. The van der Waals surface area contributed by atoms with Crippen LogP contribution in [-0.4, -0.2) is 0 Å². The van der Waals surface area contributed by atoms with Gasteiger partial charge in [0.15, 0.2) is 0 Å². The van der Waals surface area contributed by atoms with Gasteiger partial charge in [-0.05, 0) is 68.1 Å². The Morgan fingerprint density at radius 1 is 0.300 bits per heavy atom. The molecule has 9 rings (SSSR count). The lowest BCUT2D eigenvalue weighted by atomic mass is 9.85. The summed E-state index contributed by atoms with van der Waals surface area (Å²) < 4.78 is 12.8. The molecule has 0 fully saturated rings. The van der Waals surface area contributed by atoms with Gasteiger partial charge >= 0.3 is 0 Å². The summed E-state index contributed by atoms with van der Waals surface area (Å²) in [4.78, 5) is 0. The van der Waals surface area contributed by atoms with Crippen LogP contribution in [0.1, 0.15) is 0 Å². The molecule has 0 spiro atoms. The average molecular weight is 511 g/mol. The fraction of sp³-hybridized carbons (Fsp3) is 0. The van der Waals surface area contributed by atoms with Crippen LogP contribution in [0.25, 0.3) is 87.7 Å². The first kappa shape index (κ1) is 21.6. The van der Waals surface area contributed by atoms with Crippen molar-refractivity contribution < 1.29 is 8.83 Å². The molecule has 2 aromatic heterocycles. The topological polar surface area (TPSA) is 26.3 Å². The lowest BCUT2D eigenvalue weighted by Gasteiger charge is -2.18. The molecule has 0 atom stereocenters. The van der Waals surface area contributed by atoms with Crippen molar-refractivity contribution in [3.8, 4) is 22.3 Å². The van der Waals surface area contributed by atoms with Gasteiger partial charge in [0.1, 0.15) is 22.3 Å². The van der Waals surface area contributed by atoms with Crippen molar-refractivity contribution in [1.82, 2.24) is 0 Å². The van der Waals surface area contributed by atoms with Crippen molar-refractivity contribution >= 4 is 65.4 Å². The van der Waals surface area contributed by atoms with Gasteiger partial charge in [0.05, 0.1) is 0 Å². The molecule has 2 heteroatoms. The minimum atomic E-state index is 0.871. The van der Waals surface area contributed by atoms with Gasteiger partial charge in [0.2, 0.25) is 0 Å². The minimum absolute atomic E-state index is 0.871. The molecular weight excluding hydrogens is 488 g/mol. The Labute approximate surface area is 229 Å². The Morgan fingerprint density at radius 2 is 0.800 bits per heavy atom. The first-order valence-corrected chi connectivity index (χ1v) is 13.6. The van der Waals surface area contributed by atoms with Crippen LogP contribution < -0.4 is 0 Å². The highest BCUT2D eigenvalue weighted by Crippen LogP contribution is 2.48. The number of rotatable bonds is 2. The highest BCUT2D eigenvalue weighted by atomic mass is 16.3. The molecule has 9 aromatic rings. The van der Waals surface area contributed by atoms with Gasteiger partial charge < -0.3 is 8.83 Å². The van der Waals surface area contributed by atoms with Gasteiger partial charge in [-0.1, -0.05) is 109 Å². The first-order chi connectivity index (χ1) is 19.9. The molecule has 0 aliphatic rings. The number of benzene rings is 7. The summed E-state index contributed by atoms with van der Waals surface area (Å²) in [6, 6.07) is 47.1. The molecule has 2 heterocycles. The summed E-state index contributed by atoms with van der Waals surface area (Å²) in [6.07, 6.45) is 0. The molecule has 0 aliphatic heterocycles. The molecule has 0 saturated heterocycles. The van der Waals surface area contributed by atoms with Crippen LogP contribution in [0, 0.1) is 0 Å². The maximum Gasteiger partial charge on any atom is 0.136 e. The van der Waals surface area contributed by atoms with E-state index in [2.05, 4.69) is 109 Å². The van der Waals surface area contributed by atoms with E-state index in [1.165, 1.54) is 43.8 Å². The molecule has 2 nitrogen and oxygen atoms in total. The van der Waals surface area contributed by atoms with E-state index < -0.39 is 0 Å². The molecule has 0 bridgehead atoms. The van der Waals surface area contributed by atoms with Crippen molar-refractivity contribution in [3.63, 3.8) is 0 Å². The normalized spacial score (nSPS) is 12.0. The van der Waals surface area contributed by atoms with Crippen LogP contribution in [-0.2, 0) is 0 Å². The summed E-state index contributed by atoms with van der Waals surface area (Å²) in [6.45, 7) is 0. The van der Waals surface area contributed by atoms with Crippen LogP contribution in [0.5, 0.6) is 0 Å². The predicted octanol–water partition coefficient (Wildman–Crippen LogP) is 11.1. The summed E-state index contributed by atoms with van der Waals surface area (Å²) in [5, 5.41) is 9.38. The third kappa shape index (κ3) is 2.88. The summed E-state index contributed by atoms with van der Waals surface area (Å²) >= 11 is 0. The van der Waals surface area contributed by atoms with Crippen LogP contribution in [0.2, 0.25) is 0 Å². The molecule has 0 amide bonds. The molecule has 186 valence electrons. The second-order valence-electron chi connectivity index (χ2n) is 10.4. The third-order valence-corrected chi connectivity index (χ3v) is 8.26. The van der Waals surface area contributed by atoms with E-state index in [-0.39, 0.29) is 0 Å². The van der Waals surface area contributed by atoms with Crippen LogP contribution in [0.15, 0.2) is 142 Å². The number of hydrogen-bond acceptors (Lipinski definition) is 2. The van der Waals surface area contributed by atoms with Gasteiger partial charge in [-0.15, -0.1) is 0 Å². The standard InChI is InChI=1S/C38H22O2/c1-2-11-23(12-3-1)34-24-13-4-6-15-26(24)35(27-16-7-5-14-25(27)34)29-18-10-20-31-37(29)38-33(40-31)22-21-32-36(38)28-17-8-9-19-30(28)39-32/h1-22H. The summed E-state index contributed by atoms with van der Waals surface area (Å²) in [5.41, 5.74) is 8.40. The molecule has 7 aromatic carbocycles. The maximum absolute atomic E-state index is 6.52. The van der Waals surface area contributed by atoms with E-state index in [9.17, 15) is 0 Å². The minimum Gasteiger partial charge on any atom is -0.456 e. The third-order valence-electron chi connectivity index (χ3n) is 8.26. The van der Waals surface area contributed by atoms with E-state index in [1.54, 1.807) is 0 Å². The Hall–Kier alpha value is -5.34. The molecule has 40 heavy (non-hydrogen) atoms. The monoisotopic (exact) mass is 510 g/mol. The fourth-order valence-corrected chi connectivity index (χ4v) is 6.67. The number of hydrogen-bond donors (Lipinski definition) is 0. The Bertz CT molecular complexity index is 2370.